The van der Waals surface area contributed by atoms with E-state index in [-0.39, 0.29) is 0 Å². The van der Waals surface area contributed by atoms with Gasteiger partial charge >= 0.3 is 0 Å². The zero-order chi connectivity index (χ0) is 13.9. The molecule has 1 saturated carbocycles. The van der Waals surface area contributed by atoms with Crippen LogP contribution in [0.5, 0.6) is 5.75 Å². The van der Waals surface area contributed by atoms with Gasteiger partial charge in [-0.2, -0.15) is 0 Å². The normalized spacial score (nSPS) is 18.1. The van der Waals surface area contributed by atoms with Gasteiger partial charge in [0.1, 0.15) is 11.6 Å². The fraction of sp³-hybridized carbons (Fsp3) is 0.471. The van der Waals surface area contributed by atoms with Gasteiger partial charge < -0.3 is 10.4 Å². The van der Waals surface area contributed by atoms with E-state index in [0.717, 1.165) is 22.5 Å². The number of aromatic nitrogens is 1. The highest BCUT2D eigenvalue weighted by molar-refractivity contribution is 5.92. The first-order chi connectivity index (χ1) is 9.74. The van der Waals surface area contributed by atoms with E-state index in [9.17, 15) is 5.11 Å². The summed E-state index contributed by atoms with van der Waals surface area (Å²) in [5.41, 5.74) is 0. The molecule has 2 aromatic rings. The van der Waals surface area contributed by atoms with Crippen LogP contribution in [0.1, 0.15) is 39.0 Å². The van der Waals surface area contributed by atoms with Crippen molar-refractivity contribution in [3.63, 3.8) is 0 Å². The van der Waals surface area contributed by atoms with Gasteiger partial charge in [0.2, 0.25) is 0 Å². The molecular weight excluding hydrogens is 248 g/mol. The summed E-state index contributed by atoms with van der Waals surface area (Å²) >= 11 is 0. The van der Waals surface area contributed by atoms with Crippen LogP contribution in [0.15, 0.2) is 30.5 Å². The summed E-state index contributed by atoms with van der Waals surface area (Å²) in [5.74, 6) is 1.91. The topological polar surface area (TPSA) is 45.2 Å². The van der Waals surface area contributed by atoms with Crippen molar-refractivity contribution in [3.05, 3.63) is 30.5 Å². The van der Waals surface area contributed by atoms with Crippen molar-refractivity contribution in [2.75, 3.05) is 5.32 Å². The van der Waals surface area contributed by atoms with Crippen LogP contribution in [-0.4, -0.2) is 16.1 Å². The van der Waals surface area contributed by atoms with Gasteiger partial charge in [-0.3, -0.25) is 0 Å². The zero-order valence-corrected chi connectivity index (χ0v) is 12.0. The second kappa shape index (κ2) is 5.70. The molecule has 20 heavy (non-hydrogen) atoms. The average Bonchev–Trinajstić information content (AvgIpc) is 2.49. The minimum absolute atomic E-state index is 0.291. The van der Waals surface area contributed by atoms with Crippen molar-refractivity contribution >= 4 is 16.6 Å². The molecule has 2 N–H and O–H groups in total. The maximum atomic E-state index is 9.68. The highest BCUT2D eigenvalue weighted by atomic mass is 16.3. The van der Waals surface area contributed by atoms with Gasteiger partial charge in [0.15, 0.2) is 0 Å². The third kappa shape index (κ3) is 2.72. The molecule has 1 aromatic carbocycles. The molecule has 0 aliphatic heterocycles. The van der Waals surface area contributed by atoms with Crippen LogP contribution >= 0.6 is 0 Å². The lowest BCUT2D eigenvalue weighted by Crippen LogP contribution is -2.28. The molecule has 3 rings (SSSR count). The Morgan fingerprint density at radius 1 is 1.20 bits per heavy atom. The molecule has 106 valence electrons. The molecule has 1 aromatic heterocycles. The van der Waals surface area contributed by atoms with Gasteiger partial charge in [-0.1, -0.05) is 25.3 Å². The fourth-order valence-corrected chi connectivity index (χ4v) is 3.24. The molecule has 1 heterocycles. The third-order valence-electron chi connectivity index (χ3n) is 4.47. The summed E-state index contributed by atoms with van der Waals surface area (Å²) in [5, 5.41) is 15.3. The molecular formula is C17H22N2O. The van der Waals surface area contributed by atoms with E-state index >= 15 is 0 Å². The summed E-state index contributed by atoms with van der Waals surface area (Å²) in [7, 11) is 0. The summed E-state index contributed by atoms with van der Waals surface area (Å²) in [4.78, 5) is 4.46. The molecule has 1 fully saturated rings. The molecule has 3 nitrogen and oxygen atoms in total. The fourth-order valence-electron chi connectivity index (χ4n) is 3.24. The van der Waals surface area contributed by atoms with Crippen LogP contribution in [0.25, 0.3) is 10.8 Å². The molecule has 0 spiro atoms. The van der Waals surface area contributed by atoms with E-state index in [4.69, 9.17) is 0 Å². The summed E-state index contributed by atoms with van der Waals surface area (Å²) < 4.78 is 0. The van der Waals surface area contributed by atoms with E-state index in [1.165, 1.54) is 32.1 Å². The van der Waals surface area contributed by atoms with Crippen LogP contribution in [-0.2, 0) is 0 Å². The quantitative estimate of drug-likeness (QED) is 0.873. The number of hydrogen-bond acceptors (Lipinski definition) is 3. The highest BCUT2D eigenvalue weighted by Crippen LogP contribution is 2.30. The predicted molar refractivity (Wildman–Crippen MR) is 83.1 cm³/mol. The number of rotatable bonds is 3. The van der Waals surface area contributed by atoms with Gasteiger partial charge in [-0.15, -0.1) is 0 Å². The maximum absolute atomic E-state index is 9.68. The van der Waals surface area contributed by atoms with Crippen molar-refractivity contribution < 1.29 is 5.11 Å². The SMILES string of the molecule is CC(Nc1nccc2ccc(O)cc12)C1CCCCC1. The lowest BCUT2D eigenvalue weighted by molar-refractivity contribution is 0.328. The van der Waals surface area contributed by atoms with Crippen molar-refractivity contribution in [3.8, 4) is 5.75 Å². The van der Waals surface area contributed by atoms with Gasteiger partial charge in [-0.05, 0) is 49.3 Å². The van der Waals surface area contributed by atoms with Crippen LogP contribution in [0.4, 0.5) is 5.82 Å². The lowest BCUT2D eigenvalue weighted by Gasteiger charge is -2.29. The van der Waals surface area contributed by atoms with Gasteiger partial charge in [-0.25, -0.2) is 4.98 Å². The van der Waals surface area contributed by atoms with Crippen molar-refractivity contribution in [2.24, 2.45) is 5.92 Å². The zero-order valence-electron chi connectivity index (χ0n) is 12.0. The van der Waals surface area contributed by atoms with Gasteiger partial charge in [0, 0.05) is 17.6 Å². The summed E-state index contributed by atoms with van der Waals surface area (Å²) in [6.07, 6.45) is 8.52. The summed E-state index contributed by atoms with van der Waals surface area (Å²) in [6.45, 7) is 2.25. The number of nitrogens with one attached hydrogen (secondary N) is 1. The predicted octanol–water partition coefficient (Wildman–Crippen LogP) is 4.32. The largest absolute Gasteiger partial charge is 0.508 e. The lowest BCUT2D eigenvalue weighted by atomic mass is 9.84. The number of hydrogen-bond donors (Lipinski definition) is 2. The Labute approximate surface area is 120 Å². The third-order valence-corrected chi connectivity index (χ3v) is 4.47. The number of aromatic hydroxyl groups is 1. The van der Waals surface area contributed by atoms with E-state index < -0.39 is 0 Å². The maximum Gasteiger partial charge on any atom is 0.134 e. The Balaban J connectivity index is 1.84. The number of fused-ring (bicyclic) bond motifs is 1. The minimum atomic E-state index is 0.291. The molecule has 1 aliphatic rings. The first-order valence-corrected chi connectivity index (χ1v) is 7.58. The Morgan fingerprint density at radius 3 is 2.80 bits per heavy atom. The van der Waals surface area contributed by atoms with Crippen molar-refractivity contribution in [2.45, 2.75) is 45.1 Å². The van der Waals surface area contributed by atoms with Gasteiger partial charge in [0.05, 0.1) is 0 Å². The number of phenolic OH excluding ortho intramolecular Hbond substituents is 1. The van der Waals surface area contributed by atoms with E-state index in [0.29, 0.717) is 11.8 Å². The van der Waals surface area contributed by atoms with E-state index in [1.807, 2.05) is 18.3 Å². The minimum Gasteiger partial charge on any atom is -0.508 e. The smallest absolute Gasteiger partial charge is 0.134 e. The van der Waals surface area contributed by atoms with E-state index in [2.05, 4.69) is 17.2 Å². The first kappa shape index (κ1) is 13.2. The molecule has 1 atom stereocenters. The highest BCUT2D eigenvalue weighted by Gasteiger charge is 2.20. The molecule has 0 bridgehead atoms. The molecule has 0 saturated heterocycles. The number of benzene rings is 1. The van der Waals surface area contributed by atoms with Crippen LogP contribution in [0.3, 0.4) is 0 Å². The Bertz CT molecular complexity index is 591. The van der Waals surface area contributed by atoms with Crippen LogP contribution in [0, 0.1) is 5.92 Å². The molecule has 0 radical (unpaired) electrons. The van der Waals surface area contributed by atoms with E-state index in [1.54, 1.807) is 12.1 Å². The number of pyridine rings is 1. The van der Waals surface area contributed by atoms with Gasteiger partial charge in [0.25, 0.3) is 0 Å². The molecule has 1 unspecified atom stereocenters. The Morgan fingerprint density at radius 2 is 2.00 bits per heavy atom. The second-order valence-corrected chi connectivity index (χ2v) is 5.90. The standard InChI is InChI=1S/C17H22N2O/c1-12(13-5-3-2-4-6-13)19-17-16-11-15(20)8-7-14(16)9-10-18-17/h7-13,20H,2-6H2,1H3,(H,18,19). The molecule has 3 heteroatoms. The van der Waals surface area contributed by atoms with Crippen molar-refractivity contribution in [1.29, 1.82) is 0 Å². The first-order valence-electron chi connectivity index (χ1n) is 7.58. The number of nitrogens with zero attached hydrogens (tertiary/aromatic N) is 1. The Hall–Kier alpha value is -1.77. The van der Waals surface area contributed by atoms with Crippen LogP contribution < -0.4 is 5.32 Å². The van der Waals surface area contributed by atoms with Crippen molar-refractivity contribution in [1.82, 2.24) is 4.98 Å². The molecule has 0 amide bonds. The van der Waals surface area contributed by atoms with Crippen LogP contribution in [0.2, 0.25) is 0 Å². The monoisotopic (exact) mass is 270 g/mol. The second-order valence-electron chi connectivity index (χ2n) is 5.90. The number of phenols is 1. The average molecular weight is 270 g/mol. The summed E-state index contributed by atoms with van der Waals surface area (Å²) in [6, 6.07) is 7.85. The number of anilines is 1. The molecule has 1 aliphatic carbocycles. The Kier molecular flexibility index (Phi) is 3.77.